The minimum atomic E-state index is -3.62. The van der Waals surface area contributed by atoms with Gasteiger partial charge in [-0.3, -0.25) is 4.79 Å². The number of amides is 1. The number of pyridine rings is 1. The van der Waals surface area contributed by atoms with Crippen LogP contribution >= 0.6 is 0 Å². The number of aromatic nitrogens is 1. The molecule has 0 radical (unpaired) electrons. The third kappa shape index (κ3) is 3.41. The molecule has 7 nitrogen and oxygen atoms in total. The number of carbonyl (C=O) groups is 1. The van der Waals surface area contributed by atoms with E-state index in [9.17, 15) is 13.2 Å². The third-order valence-corrected chi connectivity index (χ3v) is 4.24. The molecule has 1 heterocycles. The summed E-state index contributed by atoms with van der Waals surface area (Å²) in [6.45, 7) is 0.104. The number of nitrogen functional groups attached to an aromatic ring is 1. The summed E-state index contributed by atoms with van der Waals surface area (Å²) in [7, 11) is -0.712. The summed E-state index contributed by atoms with van der Waals surface area (Å²) in [5.41, 5.74) is 5.39. The molecule has 3 N–H and O–H groups in total. The Morgan fingerprint density at radius 3 is 2.67 bits per heavy atom. The van der Waals surface area contributed by atoms with Gasteiger partial charge >= 0.3 is 0 Å². The predicted octanol–water partition coefficient (Wildman–Crippen LogP) is -0.580. The van der Waals surface area contributed by atoms with Gasteiger partial charge in [0.25, 0.3) is 0 Å². The first-order chi connectivity index (χ1) is 8.37. The Bertz CT molecular complexity index is 512. The van der Waals surface area contributed by atoms with E-state index < -0.39 is 10.0 Å². The van der Waals surface area contributed by atoms with Crippen LogP contribution in [0.15, 0.2) is 23.2 Å². The molecule has 1 aromatic heterocycles. The lowest BCUT2D eigenvalue weighted by Crippen LogP contribution is -2.31. The molecule has 0 fully saturated rings. The van der Waals surface area contributed by atoms with Gasteiger partial charge in [-0.25, -0.2) is 17.7 Å². The van der Waals surface area contributed by atoms with E-state index in [-0.39, 0.29) is 29.6 Å². The van der Waals surface area contributed by atoms with Gasteiger partial charge in [0.1, 0.15) is 10.7 Å². The maximum Gasteiger partial charge on any atom is 0.244 e. The van der Waals surface area contributed by atoms with Crippen molar-refractivity contribution >= 4 is 21.7 Å². The van der Waals surface area contributed by atoms with Gasteiger partial charge in [0, 0.05) is 33.3 Å². The van der Waals surface area contributed by atoms with Crippen LogP contribution in [-0.4, -0.2) is 44.3 Å². The van der Waals surface area contributed by atoms with Crippen LogP contribution in [0.1, 0.15) is 6.42 Å². The molecule has 18 heavy (non-hydrogen) atoms. The summed E-state index contributed by atoms with van der Waals surface area (Å²) in [4.78, 5) is 14.8. The zero-order chi connectivity index (χ0) is 13.8. The van der Waals surface area contributed by atoms with Crippen LogP contribution in [0, 0.1) is 0 Å². The van der Waals surface area contributed by atoms with Gasteiger partial charge in [0.15, 0.2) is 0 Å². The first-order valence-corrected chi connectivity index (χ1v) is 6.70. The Hall–Kier alpha value is -1.67. The number of nitrogens with zero attached hydrogens (tertiary/aromatic N) is 2. The van der Waals surface area contributed by atoms with Crippen molar-refractivity contribution in [2.45, 2.75) is 11.3 Å². The normalized spacial score (nSPS) is 11.5. The SMILES string of the molecule is CNC(=O)CCN(C)S(=O)(=O)c1ccc(N)nc1. The second-order valence-corrected chi connectivity index (χ2v) is 5.71. The molecule has 1 aromatic rings. The maximum atomic E-state index is 12.1. The highest BCUT2D eigenvalue weighted by molar-refractivity contribution is 7.89. The van der Waals surface area contributed by atoms with Crippen molar-refractivity contribution in [2.24, 2.45) is 0 Å². The fourth-order valence-electron chi connectivity index (χ4n) is 1.23. The van der Waals surface area contributed by atoms with Gasteiger partial charge in [0.05, 0.1) is 0 Å². The zero-order valence-electron chi connectivity index (χ0n) is 10.3. The van der Waals surface area contributed by atoms with Crippen LogP contribution in [-0.2, 0) is 14.8 Å². The van der Waals surface area contributed by atoms with Gasteiger partial charge in [-0.2, -0.15) is 0 Å². The topological polar surface area (TPSA) is 105 Å². The van der Waals surface area contributed by atoms with E-state index >= 15 is 0 Å². The van der Waals surface area contributed by atoms with Crippen LogP contribution in [0.3, 0.4) is 0 Å². The molecule has 100 valence electrons. The Balaban J connectivity index is 2.80. The largest absolute Gasteiger partial charge is 0.384 e. The minimum Gasteiger partial charge on any atom is -0.384 e. The molecule has 8 heteroatoms. The minimum absolute atomic E-state index is 0.0520. The third-order valence-electron chi connectivity index (χ3n) is 2.40. The second kappa shape index (κ2) is 5.78. The first kappa shape index (κ1) is 14.4. The highest BCUT2D eigenvalue weighted by atomic mass is 32.2. The van der Waals surface area contributed by atoms with Crippen LogP contribution in [0.5, 0.6) is 0 Å². The molecule has 0 atom stereocenters. The fraction of sp³-hybridized carbons (Fsp3) is 0.400. The number of anilines is 1. The van der Waals surface area contributed by atoms with Gasteiger partial charge < -0.3 is 11.1 Å². The van der Waals surface area contributed by atoms with E-state index in [2.05, 4.69) is 10.3 Å². The van der Waals surface area contributed by atoms with Crippen molar-refractivity contribution in [3.8, 4) is 0 Å². The Kier molecular flexibility index (Phi) is 4.62. The number of carbonyl (C=O) groups excluding carboxylic acids is 1. The van der Waals surface area contributed by atoms with Gasteiger partial charge in [-0.15, -0.1) is 0 Å². The lowest BCUT2D eigenvalue weighted by atomic mass is 10.4. The Morgan fingerprint density at radius 2 is 2.17 bits per heavy atom. The van der Waals surface area contributed by atoms with Crippen LogP contribution in [0.25, 0.3) is 0 Å². The number of sulfonamides is 1. The fourth-order valence-corrected chi connectivity index (χ4v) is 2.35. The van der Waals surface area contributed by atoms with E-state index in [4.69, 9.17) is 5.73 Å². The van der Waals surface area contributed by atoms with E-state index in [0.29, 0.717) is 0 Å². The standard InChI is InChI=1S/C10H16N4O3S/c1-12-10(15)5-6-14(2)18(16,17)8-3-4-9(11)13-7-8/h3-4,7H,5-6H2,1-2H3,(H2,11,13)(H,12,15). The molecule has 0 aromatic carbocycles. The van der Waals surface area contributed by atoms with Crippen LogP contribution < -0.4 is 11.1 Å². The van der Waals surface area contributed by atoms with E-state index in [1.165, 1.54) is 32.4 Å². The molecule has 0 saturated heterocycles. The van der Waals surface area contributed by atoms with Crippen molar-refractivity contribution in [3.63, 3.8) is 0 Å². The van der Waals surface area contributed by atoms with Crippen molar-refractivity contribution in [1.82, 2.24) is 14.6 Å². The average molecular weight is 272 g/mol. The van der Waals surface area contributed by atoms with E-state index in [1.54, 1.807) is 0 Å². The average Bonchev–Trinajstić information content (AvgIpc) is 2.35. The summed E-state index contributed by atoms with van der Waals surface area (Å²) in [5.74, 6) is 0.0365. The molecule has 0 unspecified atom stereocenters. The Morgan fingerprint density at radius 1 is 1.50 bits per heavy atom. The van der Waals surface area contributed by atoms with Gasteiger partial charge in [0.2, 0.25) is 15.9 Å². The number of hydrogen-bond donors (Lipinski definition) is 2. The highest BCUT2D eigenvalue weighted by Crippen LogP contribution is 2.14. The molecule has 0 aliphatic heterocycles. The highest BCUT2D eigenvalue weighted by Gasteiger charge is 2.21. The molecular formula is C10H16N4O3S. The van der Waals surface area contributed by atoms with Crippen LogP contribution in [0.4, 0.5) is 5.82 Å². The van der Waals surface area contributed by atoms with Crippen LogP contribution in [0.2, 0.25) is 0 Å². The summed E-state index contributed by atoms with van der Waals surface area (Å²) < 4.78 is 25.2. The molecule has 0 aliphatic carbocycles. The zero-order valence-corrected chi connectivity index (χ0v) is 11.1. The molecule has 0 aliphatic rings. The quantitative estimate of drug-likeness (QED) is 0.746. The number of hydrogen-bond acceptors (Lipinski definition) is 5. The van der Waals surface area contributed by atoms with Crippen molar-refractivity contribution < 1.29 is 13.2 Å². The monoisotopic (exact) mass is 272 g/mol. The van der Waals surface area contributed by atoms with Crippen molar-refractivity contribution in [2.75, 3.05) is 26.4 Å². The van der Waals surface area contributed by atoms with Crippen molar-refractivity contribution in [1.29, 1.82) is 0 Å². The summed E-state index contributed by atoms with van der Waals surface area (Å²) in [6.07, 6.45) is 1.30. The smallest absolute Gasteiger partial charge is 0.244 e. The van der Waals surface area contributed by atoms with Gasteiger partial charge in [-0.1, -0.05) is 0 Å². The van der Waals surface area contributed by atoms with Gasteiger partial charge in [-0.05, 0) is 12.1 Å². The van der Waals surface area contributed by atoms with E-state index in [0.717, 1.165) is 4.31 Å². The molecule has 0 saturated carbocycles. The number of nitrogens with two attached hydrogens (primary N) is 1. The molecule has 1 amide bonds. The Labute approximate surface area is 106 Å². The number of rotatable bonds is 5. The number of nitrogens with one attached hydrogen (secondary N) is 1. The summed E-state index contributed by atoms with van der Waals surface area (Å²) in [6, 6.07) is 2.80. The lowest BCUT2D eigenvalue weighted by Gasteiger charge is -2.16. The predicted molar refractivity (Wildman–Crippen MR) is 67.1 cm³/mol. The molecule has 0 bridgehead atoms. The molecule has 1 rings (SSSR count). The summed E-state index contributed by atoms with van der Waals surface area (Å²) >= 11 is 0. The van der Waals surface area contributed by atoms with E-state index in [1.807, 2.05) is 0 Å². The lowest BCUT2D eigenvalue weighted by molar-refractivity contribution is -0.120. The summed E-state index contributed by atoms with van der Waals surface area (Å²) in [5, 5.41) is 2.43. The first-order valence-electron chi connectivity index (χ1n) is 5.26. The second-order valence-electron chi connectivity index (χ2n) is 3.67. The molecular weight excluding hydrogens is 256 g/mol. The molecule has 0 spiro atoms. The maximum absolute atomic E-state index is 12.1. The van der Waals surface area contributed by atoms with Crippen molar-refractivity contribution in [3.05, 3.63) is 18.3 Å².